The Morgan fingerprint density at radius 3 is 1.27 bits per heavy atom. The van der Waals surface area contributed by atoms with Crippen LogP contribution in [0.1, 0.15) is 22.3 Å². The van der Waals surface area contributed by atoms with Crippen molar-refractivity contribution in [3.05, 3.63) is 119 Å². The molecule has 0 unspecified atom stereocenters. The summed E-state index contributed by atoms with van der Waals surface area (Å²) in [6.45, 7) is 4.01. The van der Waals surface area contributed by atoms with Crippen LogP contribution in [0.25, 0.3) is 0 Å². The van der Waals surface area contributed by atoms with Crippen LogP contribution in [0.5, 0.6) is 11.5 Å². The number of aliphatic imine (C=N–C) groups is 2. The van der Waals surface area contributed by atoms with Gasteiger partial charge in [-0.1, -0.05) is 35.4 Å². The van der Waals surface area contributed by atoms with E-state index in [4.69, 9.17) is 0 Å². The van der Waals surface area contributed by atoms with Crippen molar-refractivity contribution in [1.82, 2.24) is 0 Å². The summed E-state index contributed by atoms with van der Waals surface area (Å²) >= 11 is 0. The van der Waals surface area contributed by atoms with Crippen molar-refractivity contribution >= 4 is 35.2 Å². The van der Waals surface area contributed by atoms with Gasteiger partial charge < -0.3 is 20.8 Å². The first-order valence-corrected chi connectivity index (χ1v) is 12.3. The molecule has 4 rings (SSSR count). The summed E-state index contributed by atoms with van der Waals surface area (Å²) in [6, 6.07) is 29.3. The molecule has 196 valence electrons. The molecule has 8 nitrogen and oxygen atoms in total. The molecule has 40 heavy (non-hydrogen) atoms. The number of aryl methyl sites for hydroxylation is 2. The van der Waals surface area contributed by atoms with Crippen molar-refractivity contribution in [2.45, 2.75) is 13.8 Å². The van der Waals surface area contributed by atoms with E-state index < -0.39 is 0 Å². The molecule has 0 aliphatic rings. The third kappa shape index (κ3) is 7.12. The van der Waals surface area contributed by atoms with Gasteiger partial charge in [0.05, 0.1) is 0 Å². The smallest absolute Gasteiger partial charge is 0.176 e. The van der Waals surface area contributed by atoms with E-state index in [-0.39, 0.29) is 22.9 Å². The summed E-state index contributed by atoms with van der Waals surface area (Å²) in [5, 5.41) is 46.4. The Bertz CT molecular complexity index is 1560. The predicted octanol–water partition coefficient (Wildman–Crippen LogP) is 7.00. The lowest BCUT2D eigenvalue weighted by molar-refractivity contribution is 0.474. The number of aromatic hydroxyl groups is 2. The molecule has 0 fully saturated rings. The third-order valence-electron chi connectivity index (χ3n) is 5.84. The van der Waals surface area contributed by atoms with Gasteiger partial charge in [-0.15, -0.1) is 0 Å². The lowest BCUT2D eigenvalue weighted by Crippen LogP contribution is -1.93. The highest BCUT2D eigenvalue weighted by atomic mass is 16.3. The monoisotopic (exact) mass is 526 g/mol. The molecular weight excluding hydrogens is 500 g/mol. The minimum atomic E-state index is -0.239. The highest BCUT2D eigenvalue weighted by Crippen LogP contribution is 2.26. The zero-order valence-corrected chi connectivity index (χ0v) is 21.9. The number of nitrogens with zero attached hydrogens (tertiary/aromatic N) is 4. The average Bonchev–Trinajstić information content (AvgIpc) is 2.95. The fourth-order valence-corrected chi connectivity index (χ4v) is 3.62. The maximum Gasteiger partial charge on any atom is 0.176 e. The van der Waals surface area contributed by atoms with E-state index in [1.54, 1.807) is 36.4 Å². The number of phenolic OH excluding ortho intramolecular Hbond substituents is 2. The van der Waals surface area contributed by atoms with Crippen molar-refractivity contribution in [2.75, 3.05) is 10.6 Å². The van der Waals surface area contributed by atoms with E-state index >= 15 is 0 Å². The van der Waals surface area contributed by atoms with Gasteiger partial charge in [-0.25, -0.2) is 9.98 Å². The molecule has 0 bridgehead atoms. The maximum absolute atomic E-state index is 10.4. The summed E-state index contributed by atoms with van der Waals surface area (Å²) in [5.74, 6) is -0.103. The standard InChI is InChI=1S/C32H26N6O2/c1-21-3-9-25(10-4-21)37-27-13-7-23(31(39)15-27)19-35-29(17-33)30(18-34)36-20-24-8-14-28(16-32(24)40)38-26-11-5-22(2)6-12-26/h3-16,19-20,37-40H,1-2H3/b30-29-,35-19?,36-20?. The van der Waals surface area contributed by atoms with Crippen LogP contribution in [0.2, 0.25) is 0 Å². The van der Waals surface area contributed by atoms with Crippen LogP contribution in [0, 0.1) is 36.5 Å². The van der Waals surface area contributed by atoms with Crippen LogP contribution in [-0.2, 0) is 0 Å². The minimum Gasteiger partial charge on any atom is -0.507 e. The van der Waals surface area contributed by atoms with Crippen LogP contribution >= 0.6 is 0 Å². The van der Waals surface area contributed by atoms with Gasteiger partial charge in [0.2, 0.25) is 0 Å². The van der Waals surface area contributed by atoms with Gasteiger partial charge >= 0.3 is 0 Å². The third-order valence-corrected chi connectivity index (χ3v) is 5.84. The Morgan fingerprint density at radius 2 is 0.950 bits per heavy atom. The zero-order chi connectivity index (χ0) is 28.5. The number of nitriles is 2. The van der Waals surface area contributed by atoms with Crippen LogP contribution in [0.15, 0.2) is 106 Å². The predicted molar refractivity (Wildman–Crippen MR) is 159 cm³/mol. The molecule has 0 atom stereocenters. The highest BCUT2D eigenvalue weighted by Gasteiger charge is 2.07. The largest absolute Gasteiger partial charge is 0.507 e. The zero-order valence-electron chi connectivity index (χ0n) is 21.9. The van der Waals surface area contributed by atoms with Crippen molar-refractivity contribution in [2.24, 2.45) is 9.98 Å². The van der Waals surface area contributed by atoms with E-state index in [1.165, 1.54) is 12.4 Å². The first kappa shape index (κ1) is 27.2. The molecule has 0 saturated carbocycles. The molecule has 0 aliphatic heterocycles. The first-order chi connectivity index (χ1) is 19.3. The number of rotatable bonds is 8. The number of nitrogens with one attached hydrogen (secondary N) is 2. The van der Waals surface area contributed by atoms with Crippen molar-refractivity contribution < 1.29 is 10.2 Å². The van der Waals surface area contributed by atoms with Gasteiger partial charge in [0, 0.05) is 58.4 Å². The molecule has 0 radical (unpaired) electrons. The van der Waals surface area contributed by atoms with Gasteiger partial charge in [0.15, 0.2) is 11.4 Å². The Balaban J connectivity index is 1.48. The van der Waals surface area contributed by atoms with Crippen LogP contribution in [0.3, 0.4) is 0 Å². The second-order valence-electron chi connectivity index (χ2n) is 8.97. The van der Waals surface area contributed by atoms with Gasteiger partial charge in [-0.3, -0.25) is 0 Å². The van der Waals surface area contributed by atoms with E-state index in [2.05, 4.69) is 20.6 Å². The molecular formula is C32H26N6O2. The molecule has 4 aromatic carbocycles. The number of benzene rings is 4. The van der Waals surface area contributed by atoms with E-state index in [9.17, 15) is 20.7 Å². The molecule has 0 aliphatic carbocycles. The molecule has 8 heteroatoms. The summed E-state index contributed by atoms with van der Waals surface area (Å²) in [5.41, 5.74) is 5.63. The molecule has 0 spiro atoms. The Kier molecular flexibility index (Phi) is 8.56. The second kappa shape index (κ2) is 12.6. The van der Waals surface area contributed by atoms with Crippen molar-refractivity contribution in [3.8, 4) is 23.6 Å². The SMILES string of the molecule is Cc1ccc(Nc2ccc(C=N/C(C#N)=C(/C#N)N=Cc3ccc(Nc4ccc(C)cc4)cc3O)c(O)c2)cc1. The fraction of sp³-hybridized carbons (Fsp3) is 0.0625. The van der Waals surface area contributed by atoms with Crippen LogP contribution < -0.4 is 10.6 Å². The minimum absolute atomic E-state index is 0.0515. The first-order valence-electron chi connectivity index (χ1n) is 12.3. The van der Waals surface area contributed by atoms with Crippen LogP contribution in [-0.4, -0.2) is 22.6 Å². The normalized spacial score (nSPS) is 11.6. The van der Waals surface area contributed by atoms with E-state index in [0.717, 1.165) is 22.5 Å². The topological polar surface area (TPSA) is 137 Å². The number of allylic oxidation sites excluding steroid dienone is 2. The number of hydrogen-bond acceptors (Lipinski definition) is 8. The van der Waals surface area contributed by atoms with Crippen molar-refractivity contribution in [1.29, 1.82) is 10.5 Å². The molecule has 0 aromatic heterocycles. The fourth-order valence-electron chi connectivity index (χ4n) is 3.62. The number of hydrogen-bond donors (Lipinski definition) is 4. The van der Waals surface area contributed by atoms with Gasteiger partial charge in [-0.05, 0) is 62.4 Å². The summed E-state index contributed by atoms with van der Waals surface area (Å²) in [4.78, 5) is 8.15. The van der Waals surface area contributed by atoms with Gasteiger partial charge in [-0.2, -0.15) is 10.5 Å². The van der Waals surface area contributed by atoms with Crippen LogP contribution in [0.4, 0.5) is 22.7 Å². The molecule has 4 aromatic rings. The van der Waals surface area contributed by atoms with E-state index in [0.29, 0.717) is 22.5 Å². The van der Waals surface area contributed by atoms with Crippen molar-refractivity contribution in [3.63, 3.8) is 0 Å². The maximum atomic E-state index is 10.4. The molecule has 0 heterocycles. The lowest BCUT2D eigenvalue weighted by atomic mass is 10.1. The quantitative estimate of drug-likeness (QED) is 0.144. The molecule has 4 N–H and O–H groups in total. The average molecular weight is 527 g/mol. The summed E-state index contributed by atoms with van der Waals surface area (Å²) < 4.78 is 0. The highest BCUT2D eigenvalue weighted by molar-refractivity contribution is 5.87. The van der Waals surface area contributed by atoms with Gasteiger partial charge in [0.25, 0.3) is 0 Å². The number of anilines is 4. The Labute approximate surface area is 232 Å². The second-order valence-corrected chi connectivity index (χ2v) is 8.97. The molecule has 0 saturated heterocycles. The Hall–Kier alpha value is -5.86. The summed E-state index contributed by atoms with van der Waals surface area (Å²) in [6.07, 6.45) is 2.58. The van der Waals surface area contributed by atoms with Gasteiger partial charge in [0.1, 0.15) is 23.6 Å². The molecule has 0 amide bonds. The lowest BCUT2D eigenvalue weighted by Gasteiger charge is -2.08. The number of phenols is 2. The Morgan fingerprint density at radius 1 is 0.600 bits per heavy atom. The van der Waals surface area contributed by atoms with E-state index in [1.807, 2.05) is 74.5 Å². The summed E-state index contributed by atoms with van der Waals surface area (Å²) in [7, 11) is 0.